The van der Waals surface area contributed by atoms with Crippen LogP contribution in [-0.4, -0.2) is 12.6 Å². The molecule has 0 unspecified atom stereocenters. The third kappa shape index (κ3) is 3.04. The predicted molar refractivity (Wildman–Crippen MR) is 46.5 cm³/mol. The average molecular weight is 162 g/mol. The molecule has 12 heavy (non-hydrogen) atoms. The third-order valence-electron chi connectivity index (χ3n) is 1.34. The highest BCUT2D eigenvalue weighted by Gasteiger charge is 1.95. The fraction of sp³-hybridized carbons (Fsp3) is 0.200. The Balaban J connectivity index is 2.49. The highest BCUT2D eigenvalue weighted by molar-refractivity contribution is 5.66. The fourth-order valence-corrected chi connectivity index (χ4v) is 0.775. The van der Waals surface area contributed by atoms with Crippen molar-refractivity contribution >= 4 is 5.97 Å². The lowest BCUT2D eigenvalue weighted by molar-refractivity contribution is -0.139. The van der Waals surface area contributed by atoms with Gasteiger partial charge in [0.05, 0.1) is 0 Å². The van der Waals surface area contributed by atoms with Gasteiger partial charge in [0.1, 0.15) is 6.61 Å². The highest BCUT2D eigenvalue weighted by atomic mass is 16.5. The molecule has 1 aliphatic rings. The van der Waals surface area contributed by atoms with E-state index in [1.165, 1.54) is 6.92 Å². The van der Waals surface area contributed by atoms with Crippen LogP contribution in [0.15, 0.2) is 41.7 Å². The molecule has 2 nitrogen and oxygen atoms in total. The second-order valence-corrected chi connectivity index (χ2v) is 2.38. The summed E-state index contributed by atoms with van der Waals surface area (Å²) in [7, 11) is 0. The van der Waals surface area contributed by atoms with Gasteiger partial charge < -0.3 is 4.74 Å². The molecule has 0 N–H and O–H groups in total. The van der Waals surface area contributed by atoms with Crippen LogP contribution in [0.25, 0.3) is 0 Å². The molecule has 0 bridgehead atoms. The first-order valence-corrected chi connectivity index (χ1v) is 3.71. The normalized spacial score (nSPS) is 13.9. The summed E-state index contributed by atoms with van der Waals surface area (Å²) in [6.45, 7) is 1.73. The van der Waals surface area contributed by atoms with Gasteiger partial charge in [-0.2, -0.15) is 0 Å². The topological polar surface area (TPSA) is 26.3 Å². The molecule has 0 atom stereocenters. The van der Waals surface area contributed by atoms with E-state index in [1.807, 2.05) is 18.2 Å². The lowest BCUT2D eigenvalue weighted by atomic mass is 10.2. The Morgan fingerprint density at radius 1 is 1.58 bits per heavy atom. The Bertz CT molecular complexity index is 289. The van der Waals surface area contributed by atoms with Crippen molar-refractivity contribution in [3.63, 3.8) is 0 Å². The number of carbonyl (C=O) groups excluding carboxylic acids is 1. The first-order chi connectivity index (χ1) is 5.79. The van der Waals surface area contributed by atoms with Gasteiger partial charge in [-0.1, -0.05) is 12.2 Å². The van der Waals surface area contributed by atoms with Gasteiger partial charge in [-0.3, -0.25) is 4.79 Å². The molecule has 2 heteroatoms. The first-order valence-electron chi connectivity index (χ1n) is 3.71. The molecular formula is C10H10O2. The monoisotopic (exact) mass is 162 g/mol. The van der Waals surface area contributed by atoms with Crippen LogP contribution in [-0.2, 0) is 9.53 Å². The number of hydrogen-bond donors (Lipinski definition) is 0. The number of ether oxygens (including phenoxy) is 1. The van der Waals surface area contributed by atoms with Crippen LogP contribution < -0.4 is 0 Å². The van der Waals surface area contributed by atoms with Crippen molar-refractivity contribution in [2.45, 2.75) is 6.92 Å². The van der Waals surface area contributed by atoms with E-state index in [2.05, 4.69) is 5.73 Å². The molecule has 0 heterocycles. The van der Waals surface area contributed by atoms with E-state index in [0.29, 0.717) is 6.61 Å². The maximum absolute atomic E-state index is 10.5. The zero-order valence-electron chi connectivity index (χ0n) is 6.91. The summed E-state index contributed by atoms with van der Waals surface area (Å²) in [5.74, 6) is -0.259. The second kappa shape index (κ2) is 4.37. The Kier molecular flexibility index (Phi) is 3.12. The molecule has 0 amide bonds. The van der Waals surface area contributed by atoms with E-state index in [4.69, 9.17) is 4.74 Å². The highest BCUT2D eigenvalue weighted by Crippen LogP contribution is 2.01. The maximum atomic E-state index is 10.5. The van der Waals surface area contributed by atoms with Gasteiger partial charge in [0.15, 0.2) is 0 Å². The minimum Gasteiger partial charge on any atom is -0.461 e. The zero-order valence-corrected chi connectivity index (χ0v) is 6.91. The lowest BCUT2D eigenvalue weighted by Gasteiger charge is -2.00. The van der Waals surface area contributed by atoms with Gasteiger partial charge >= 0.3 is 5.97 Å². The smallest absolute Gasteiger partial charge is 0.302 e. The Labute approximate surface area is 71.5 Å². The van der Waals surface area contributed by atoms with Gasteiger partial charge in [-0.15, -0.1) is 5.73 Å². The molecule has 0 saturated heterocycles. The molecule has 0 aromatic heterocycles. The second-order valence-electron chi connectivity index (χ2n) is 2.38. The van der Waals surface area contributed by atoms with Crippen molar-refractivity contribution in [3.8, 4) is 0 Å². The van der Waals surface area contributed by atoms with Crippen LogP contribution in [0.3, 0.4) is 0 Å². The standard InChI is InChI=1S/C10H10O2/c1-9(11)12-8-10-6-4-2-3-5-7-10/h2,4-7H,8H2,1H3. The van der Waals surface area contributed by atoms with Crippen molar-refractivity contribution < 1.29 is 9.53 Å². The number of allylic oxidation sites excluding steroid dienone is 3. The molecular weight excluding hydrogens is 152 g/mol. The maximum Gasteiger partial charge on any atom is 0.302 e. The Hall–Kier alpha value is -1.53. The van der Waals surface area contributed by atoms with Crippen molar-refractivity contribution in [1.29, 1.82) is 0 Å². The van der Waals surface area contributed by atoms with E-state index >= 15 is 0 Å². The van der Waals surface area contributed by atoms with Crippen LogP contribution >= 0.6 is 0 Å². The molecule has 1 rings (SSSR count). The number of rotatable bonds is 2. The summed E-state index contributed by atoms with van der Waals surface area (Å²) in [6, 6.07) is 0. The molecule has 62 valence electrons. The Morgan fingerprint density at radius 3 is 3.17 bits per heavy atom. The molecule has 0 spiro atoms. The molecule has 0 aromatic carbocycles. The number of esters is 1. The van der Waals surface area contributed by atoms with Crippen molar-refractivity contribution in [1.82, 2.24) is 0 Å². The van der Waals surface area contributed by atoms with E-state index in [0.717, 1.165) is 5.57 Å². The largest absolute Gasteiger partial charge is 0.461 e. The van der Waals surface area contributed by atoms with Gasteiger partial charge in [0, 0.05) is 6.92 Å². The summed E-state index contributed by atoms with van der Waals surface area (Å²) < 4.78 is 4.82. The van der Waals surface area contributed by atoms with E-state index < -0.39 is 0 Å². The van der Waals surface area contributed by atoms with Crippen molar-refractivity contribution in [3.05, 3.63) is 41.7 Å². The predicted octanol–water partition coefficient (Wildman–Crippen LogP) is 1.76. The summed E-state index contributed by atoms with van der Waals surface area (Å²) in [4.78, 5) is 10.5. The summed E-state index contributed by atoms with van der Waals surface area (Å²) >= 11 is 0. The van der Waals surface area contributed by atoms with Crippen LogP contribution in [0.4, 0.5) is 0 Å². The number of hydrogen-bond acceptors (Lipinski definition) is 2. The SMILES string of the molecule is CC(=O)OCC1=CC=C=CC=C1. The summed E-state index contributed by atoms with van der Waals surface area (Å²) in [5.41, 5.74) is 3.88. The van der Waals surface area contributed by atoms with E-state index in [1.54, 1.807) is 12.2 Å². The summed E-state index contributed by atoms with van der Waals surface area (Å²) in [6.07, 6.45) is 9.21. The zero-order chi connectivity index (χ0) is 8.81. The van der Waals surface area contributed by atoms with Gasteiger partial charge in [-0.05, 0) is 23.8 Å². The van der Waals surface area contributed by atoms with Crippen molar-refractivity contribution in [2.24, 2.45) is 0 Å². The molecule has 0 fully saturated rings. The van der Waals surface area contributed by atoms with Crippen LogP contribution in [0.5, 0.6) is 0 Å². The average Bonchev–Trinajstić information content (AvgIpc) is 2.28. The van der Waals surface area contributed by atoms with E-state index in [9.17, 15) is 4.79 Å². The van der Waals surface area contributed by atoms with Crippen molar-refractivity contribution in [2.75, 3.05) is 6.61 Å². The molecule has 0 aliphatic heterocycles. The van der Waals surface area contributed by atoms with Crippen LogP contribution in [0.2, 0.25) is 0 Å². The van der Waals surface area contributed by atoms with Gasteiger partial charge in [0.25, 0.3) is 0 Å². The Morgan fingerprint density at radius 2 is 2.42 bits per heavy atom. The van der Waals surface area contributed by atoms with Gasteiger partial charge in [0.2, 0.25) is 0 Å². The van der Waals surface area contributed by atoms with Crippen LogP contribution in [0, 0.1) is 0 Å². The van der Waals surface area contributed by atoms with Gasteiger partial charge in [-0.25, -0.2) is 0 Å². The minimum absolute atomic E-state index is 0.259. The molecule has 0 saturated carbocycles. The van der Waals surface area contributed by atoms with Crippen LogP contribution in [0.1, 0.15) is 6.92 Å². The fourth-order valence-electron chi connectivity index (χ4n) is 0.775. The number of carbonyl (C=O) groups is 1. The lowest BCUT2D eigenvalue weighted by Crippen LogP contribution is -2.01. The first kappa shape index (κ1) is 8.57. The quantitative estimate of drug-likeness (QED) is 0.457. The molecule has 0 aromatic rings. The molecule has 0 radical (unpaired) electrons. The molecule has 1 aliphatic carbocycles. The van der Waals surface area contributed by atoms with E-state index in [-0.39, 0.29) is 5.97 Å². The summed E-state index contributed by atoms with van der Waals surface area (Å²) in [5, 5.41) is 0. The third-order valence-corrected chi connectivity index (χ3v) is 1.34. The minimum atomic E-state index is -0.259.